The van der Waals surface area contributed by atoms with E-state index in [-0.39, 0.29) is 5.91 Å². The van der Waals surface area contributed by atoms with Crippen molar-refractivity contribution in [2.24, 2.45) is 0 Å². The van der Waals surface area contributed by atoms with E-state index in [1.54, 1.807) is 31.2 Å². The lowest BCUT2D eigenvalue weighted by molar-refractivity contribution is -0.122. The highest BCUT2D eigenvalue weighted by Gasteiger charge is 2.15. The second-order valence-corrected chi connectivity index (χ2v) is 5.14. The molecule has 0 aliphatic rings. The maximum atomic E-state index is 12.1. The number of nitrogen functional groups attached to an aromatic ring is 1. The molecule has 3 N–H and O–H groups in total. The number of nitrogens with two attached hydrogens (primary N) is 1. The molecule has 0 fully saturated rings. The van der Waals surface area contributed by atoms with Crippen LogP contribution in [0.5, 0.6) is 5.75 Å². The minimum atomic E-state index is -0.581. The summed E-state index contributed by atoms with van der Waals surface area (Å²) < 4.78 is 5.75. The molecule has 1 amide bonds. The summed E-state index contributed by atoms with van der Waals surface area (Å²) in [4.78, 5) is 12.1. The number of rotatable bonds is 4. The van der Waals surface area contributed by atoms with E-state index in [2.05, 4.69) is 5.32 Å². The number of ether oxygens (including phenoxy) is 1. The average Bonchev–Trinajstić information content (AvgIpc) is 2.45. The zero-order chi connectivity index (χ0) is 15.4. The zero-order valence-electron chi connectivity index (χ0n) is 12.5. The molecule has 2 aromatic rings. The first kappa shape index (κ1) is 14.9. The predicted molar refractivity (Wildman–Crippen MR) is 85.5 cm³/mol. The summed E-state index contributed by atoms with van der Waals surface area (Å²) in [7, 11) is 0. The lowest BCUT2D eigenvalue weighted by Gasteiger charge is -2.16. The van der Waals surface area contributed by atoms with Crippen LogP contribution in [0.15, 0.2) is 42.5 Å². The fraction of sp³-hybridized carbons (Fsp3) is 0.235. The van der Waals surface area contributed by atoms with E-state index < -0.39 is 6.10 Å². The molecule has 0 aromatic heterocycles. The number of anilines is 2. The van der Waals surface area contributed by atoms with Crippen LogP contribution in [0.1, 0.15) is 18.1 Å². The first-order valence-corrected chi connectivity index (χ1v) is 6.86. The van der Waals surface area contributed by atoms with Gasteiger partial charge in [-0.3, -0.25) is 4.79 Å². The van der Waals surface area contributed by atoms with E-state index >= 15 is 0 Å². The van der Waals surface area contributed by atoms with Crippen molar-refractivity contribution in [1.82, 2.24) is 0 Å². The average molecular weight is 284 g/mol. The third-order valence-electron chi connectivity index (χ3n) is 3.19. The van der Waals surface area contributed by atoms with Crippen LogP contribution in [0, 0.1) is 13.8 Å². The molecule has 2 rings (SSSR count). The lowest BCUT2D eigenvalue weighted by Crippen LogP contribution is -2.30. The van der Waals surface area contributed by atoms with Gasteiger partial charge in [0.15, 0.2) is 6.10 Å². The molecular weight excluding hydrogens is 264 g/mol. The third kappa shape index (κ3) is 3.99. The summed E-state index contributed by atoms with van der Waals surface area (Å²) in [5.41, 5.74) is 9.08. The number of benzene rings is 2. The Hall–Kier alpha value is -2.49. The molecule has 21 heavy (non-hydrogen) atoms. The van der Waals surface area contributed by atoms with E-state index in [0.29, 0.717) is 11.4 Å². The molecule has 4 nitrogen and oxygen atoms in total. The fourth-order valence-corrected chi connectivity index (χ4v) is 1.89. The minimum Gasteiger partial charge on any atom is -0.481 e. The van der Waals surface area contributed by atoms with Crippen molar-refractivity contribution in [2.45, 2.75) is 26.9 Å². The highest BCUT2D eigenvalue weighted by atomic mass is 16.5. The largest absolute Gasteiger partial charge is 0.481 e. The molecule has 2 aromatic carbocycles. The number of carbonyl (C=O) groups excluding carboxylic acids is 1. The molecule has 0 bridgehead atoms. The van der Waals surface area contributed by atoms with Gasteiger partial charge in [-0.1, -0.05) is 12.1 Å². The Morgan fingerprint density at radius 2 is 1.81 bits per heavy atom. The summed E-state index contributed by atoms with van der Waals surface area (Å²) in [6.45, 7) is 5.68. The van der Waals surface area contributed by atoms with Crippen LogP contribution in [0.2, 0.25) is 0 Å². The molecule has 0 spiro atoms. The molecule has 0 heterocycles. The van der Waals surface area contributed by atoms with E-state index in [0.717, 1.165) is 16.9 Å². The van der Waals surface area contributed by atoms with Crippen molar-refractivity contribution >= 4 is 17.3 Å². The van der Waals surface area contributed by atoms with E-state index in [4.69, 9.17) is 10.5 Å². The molecular formula is C17H20N2O2. The van der Waals surface area contributed by atoms with Gasteiger partial charge in [-0.05, 0) is 62.2 Å². The second kappa shape index (κ2) is 6.31. The van der Waals surface area contributed by atoms with E-state index in [9.17, 15) is 4.79 Å². The van der Waals surface area contributed by atoms with Gasteiger partial charge in [0.05, 0.1) is 0 Å². The minimum absolute atomic E-state index is 0.194. The van der Waals surface area contributed by atoms with E-state index in [1.807, 2.05) is 32.0 Å². The lowest BCUT2D eigenvalue weighted by atomic mass is 10.1. The maximum absolute atomic E-state index is 12.1. The van der Waals surface area contributed by atoms with Crippen LogP contribution in [0.25, 0.3) is 0 Å². The van der Waals surface area contributed by atoms with Gasteiger partial charge in [0.25, 0.3) is 5.91 Å². The molecule has 0 saturated heterocycles. The number of nitrogens with one attached hydrogen (secondary N) is 1. The van der Waals surface area contributed by atoms with Crippen molar-refractivity contribution in [3.8, 4) is 5.75 Å². The Kier molecular flexibility index (Phi) is 4.48. The van der Waals surface area contributed by atoms with Crippen LogP contribution in [0.4, 0.5) is 11.4 Å². The van der Waals surface area contributed by atoms with Gasteiger partial charge < -0.3 is 15.8 Å². The monoisotopic (exact) mass is 284 g/mol. The molecule has 0 aliphatic heterocycles. The highest BCUT2D eigenvalue weighted by Crippen LogP contribution is 2.21. The van der Waals surface area contributed by atoms with Gasteiger partial charge in [-0.25, -0.2) is 0 Å². The highest BCUT2D eigenvalue weighted by molar-refractivity contribution is 5.94. The Balaban J connectivity index is 2.02. The van der Waals surface area contributed by atoms with Crippen LogP contribution in [-0.2, 0) is 4.79 Å². The molecule has 0 radical (unpaired) electrons. The van der Waals surface area contributed by atoms with Gasteiger partial charge in [-0.2, -0.15) is 0 Å². The topological polar surface area (TPSA) is 64.3 Å². The maximum Gasteiger partial charge on any atom is 0.265 e. The Bertz CT molecular complexity index is 636. The van der Waals surface area contributed by atoms with Crippen LogP contribution < -0.4 is 15.8 Å². The zero-order valence-corrected chi connectivity index (χ0v) is 12.5. The molecule has 0 saturated carbocycles. The predicted octanol–water partition coefficient (Wildman–Crippen LogP) is 3.29. The van der Waals surface area contributed by atoms with Gasteiger partial charge in [-0.15, -0.1) is 0 Å². The number of aryl methyl sites for hydroxylation is 2. The summed E-state index contributed by atoms with van der Waals surface area (Å²) in [6, 6.07) is 12.9. The first-order chi connectivity index (χ1) is 9.95. The quantitative estimate of drug-likeness (QED) is 0.847. The third-order valence-corrected chi connectivity index (χ3v) is 3.19. The summed E-state index contributed by atoms with van der Waals surface area (Å²) in [5.74, 6) is 0.538. The molecule has 0 unspecified atom stereocenters. The molecule has 4 heteroatoms. The fourth-order valence-electron chi connectivity index (χ4n) is 1.89. The summed E-state index contributed by atoms with van der Waals surface area (Å²) >= 11 is 0. The Morgan fingerprint density at radius 3 is 2.48 bits per heavy atom. The Morgan fingerprint density at radius 1 is 1.14 bits per heavy atom. The van der Waals surface area contributed by atoms with Crippen molar-refractivity contribution in [1.29, 1.82) is 0 Å². The molecule has 1 atom stereocenters. The van der Waals surface area contributed by atoms with Crippen molar-refractivity contribution in [3.05, 3.63) is 53.6 Å². The second-order valence-electron chi connectivity index (χ2n) is 5.14. The van der Waals surface area contributed by atoms with Crippen LogP contribution in [0.3, 0.4) is 0 Å². The van der Waals surface area contributed by atoms with Crippen molar-refractivity contribution < 1.29 is 9.53 Å². The first-order valence-electron chi connectivity index (χ1n) is 6.86. The number of carbonyl (C=O) groups is 1. The molecule has 0 aliphatic carbocycles. The van der Waals surface area contributed by atoms with Gasteiger partial charge in [0.1, 0.15) is 5.75 Å². The summed E-state index contributed by atoms with van der Waals surface area (Å²) in [6.07, 6.45) is -0.581. The van der Waals surface area contributed by atoms with Crippen molar-refractivity contribution in [3.63, 3.8) is 0 Å². The van der Waals surface area contributed by atoms with Crippen LogP contribution in [-0.4, -0.2) is 12.0 Å². The number of amides is 1. The smallest absolute Gasteiger partial charge is 0.265 e. The molecule has 110 valence electrons. The van der Waals surface area contributed by atoms with Gasteiger partial charge >= 0.3 is 0 Å². The van der Waals surface area contributed by atoms with Gasteiger partial charge in [0.2, 0.25) is 0 Å². The summed E-state index contributed by atoms with van der Waals surface area (Å²) in [5, 5.41) is 2.80. The van der Waals surface area contributed by atoms with Crippen LogP contribution >= 0.6 is 0 Å². The number of hydrogen-bond acceptors (Lipinski definition) is 3. The van der Waals surface area contributed by atoms with E-state index in [1.165, 1.54) is 0 Å². The SMILES string of the molecule is Cc1ccc(C)c(O[C@@H](C)C(=O)Nc2ccc(N)cc2)c1. The number of hydrogen-bond donors (Lipinski definition) is 2. The van der Waals surface area contributed by atoms with Crippen molar-refractivity contribution in [2.75, 3.05) is 11.1 Å². The normalized spacial score (nSPS) is 11.8. The van der Waals surface area contributed by atoms with Gasteiger partial charge in [0, 0.05) is 11.4 Å². The standard InChI is InChI=1S/C17H20N2O2/c1-11-4-5-12(2)16(10-11)21-13(3)17(20)19-15-8-6-14(18)7-9-15/h4-10,13H,18H2,1-3H3,(H,19,20)/t13-/m0/s1. The Labute approximate surface area is 124 Å².